The molecule has 0 N–H and O–H groups in total. The minimum atomic E-state index is -0.777. The molecule has 3 aromatic rings. The molecule has 0 aliphatic carbocycles. The molecule has 0 aliphatic heterocycles. The predicted molar refractivity (Wildman–Crippen MR) is 86.8 cm³/mol. The Kier molecular flexibility index (Phi) is 4.55. The van der Waals surface area contributed by atoms with Crippen molar-refractivity contribution in [1.29, 1.82) is 0 Å². The molecule has 0 amide bonds. The highest BCUT2D eigenvalue weighted by molar-refractivity contribution is 5.75. The third kappa shape index (κ3) is 3.00. The zero-order valence-electron chi connectivity index (χ0n) is 13.7. The van der Waals surface area contributed by atoms with Crippen molar-refractivity contribution >= 4 is 17.1 Å². The average molecular weight is 345 g/mol. The van der Waals surface area contributed by atoms with E-state index >= 15 is 0 Å². The van der Waals surface area contributed by atoms with E-state index in [-0.39, 0.29) is 23.6 Å². The molecule has 0 bridgehead atoms. The number of nitrogens with zero attached hydrogens (tertiary/aromatic N) is 5. The SMILES string of the molecule is CCOC(=O)[C@@H](CC)n1cnc2c(nnn2-c2ccc(F)cc2)c1=O. The number of aromatic nitrogens is 5. The Morgan fingerprint density at radius 3 is 2.64 bits per heavy atom. The molecular weight excluding hydrogens is 329 g/mol. The monoisotopic (exact) mass is 345 g/mol. The number of halogens is 1. The van der Waals surface area contributed by atoms with Crippen molar-refractivity contribution in [3.05, 3.63) is 46.8 Å². The van der Waals surface area contributed by atoms with Crippen molar-refractivity contribution in [3.63, 3.8) is 0 Å². The molecule has 0 saturated carbocycles. The highest BCUT2D eigenvalue weighted by atomic mass is 19.1. The molecule has 9 heteroatoms. The number of carbonyl (C=O) groups is 1. The minimum absolute atomic E-state index is 0.0228. The Labute approximate surface area is 141 Å². The van der Waals surface area contributed by atoms with Crippen LogP contribution >= 0.6 is 0 Å². The summed E-state index contributed by atoms with van der Waals surface area (Å²) in [6.45, 7) is 3.69. The summed E-state index contributed by atoms with van der Waals surface area (Å²) in [4.78, 5) is 28.9. The number of hydrogen-bond donors (Lipinski definition) is 0. The lowest BCUT2D eigenvalue weighted by Crippen LogP contribution is -2.31. The summed E-state index contributed by atoms with van der Waals surface area (Å²) in [5.41, 5.74) is 0.283. The van der Waals surface area contributed by atoms with Gasteiger partial charge in [0.05, 0.1) is 12.3 Å². The fraction of sp³-hybridized carbons (Fsp3) is 0.312. The van der Waals surface area contributed by atoms with E-state index in [1.807, 2.05) is 0 Å². The molecule has 1 aromatic carbocycles. The van der Waals surface area contributed by atoms with Gasteiger partial charge in [-0.2, -0.15) is 4.68 Å². The van der Waals surface area contributed by atoms with Crippen molar-refractivity contribution in [2.24, 2.45) is 0 Å². The van der Waals surface area contributed by atoms with Gasteiger partial charge >= 0.3 is 5.97 Å². The van der Waals surface area contributed by atoms with Gasteiger partial charge in [0.1, 0.15) is 18.2 Å². The van der Waals surface area contributed by atoms with E-state index in [0.717, 1.165) is 0 Å². The van der Waals surface area contributed by atoms with Crippen molar-refractivity contribution < 1.29 is 13.9 Å². The number of fused-ring (bicyclic) bond motifs is 1. The summed E-state index contributed by atoms with van der Waals surface area (Å²) in [7, 11) is 0. The van der Waals surface area contributed by atoms with Crippen LogP contribution in [-0.2, 0) is 9.53 Å². The lowest BCUT2D eigenvalue weighted by Gasteiger charge is -2.15. The lowest BCUT2D eigenvalue weighted by molar-refractivity contribution is -0.147. The molecule has 3 rings (SSSR count). The lowest BCUT2D eigenvalue weighted by atomic mass is 10.2. The van der Waals surface area contributed by atoms with Crippen molar-refractivity contribution in [1.82, 2.24) is 24.5 Å². The smallest absolute Gasteiger partial charge is 0.329 e. The van der Waals surface area contributed by atoms with Gasteiger partial charge in [0, 0.05) is 0 Å². The van der Waals surface area contributed by atoms with Gasteiger partial charge in [0.2, 0.25) is 0 Å². The molecule has 0 fully saturated rings. The molecule has 2 heterocycles. The zero-order chi connectivity index (χ0) is 18.0. The second-order valence-electron chi connectivity index (χ2n) is 5.28. The first kappa shape index (κ1) is 16.7. The van der Waals surface area contributed by atoms with Crippen LogP contribution in [0, 0.1) is 5.82 Å². The normalized spacial score (nSPS) is 12.3. The topological polar surface area (TPSA) is 91.9 Å². The van der Waals surface area contributed by atoms with E-state index < -0.39 is 17.6 Å². The van der Waals surface area contributed by atoms with Crippen molar-refractivity contribution in [2.75, 3.05) is 6.61 Å². The molecule has 0 spiro atoms. The number of hydrogen-bond acceptors (Lipinski definition) is 6. The van der Waals surface area contributed by atoms with Gasteiger partial charge in [0.25, 0.3) is 5.56 Å². The minimum Gasteiger partial charge on any atom is -0.464 e. The number of rotatable bonds is 5. The molecule has 130 valence electrons. The zero-order valence-corrected chi connectivity index (χ0v) is 13.7. The Morgan fingerprint density at radius 2 is 2.00 bits per heavy atom. The van der Waals surface area contributed by atoms with E-state index in [4.69, 9.17) is 4.74 Å². The van der Waals surface area contributed by atoms with Gasteiger partial charge in [-0.25, -0.2) is 14.2 Å². The summed E-state index contributed by atoms with van der Waals surface area (Å²) in [6.07, 6.45) is 1.65. The van der Waals surface area contributed by atoms with Gasteiger partial charge in [0.15, 0.2) is 11.2 Å². The van der Waals surface area contributed by atoms with Crippen molar-refractivity contribution in [2.45, 2.75) is 26.3 Å². The van der Waals surface area contributed by atoms with Crippen molar-refractivity contribution in [3.8, 4) is 5.69 Å². The number of ether oxygens (including phenoxy) is 1. The largest absolute Gasteiger partial charge is 0.464 e. The van der Waals surface area contributed by atoms with E-state index in [2.05, 4.69) is 15.3 Å². The first-order valence-electron chi connectivity index (χ1n) is 7.82. The average Bonchev–Trinajstić information content (AvgIpc) is 3.03. The third-order valence-electron chi connectivity index (χ3n) is 3.74. The van der Waals surface area contributed by atoms with E-state index in [1.54, 1.807) is 13.8 Å². The first-order valence-corrected chi connectivity index (χ1v) is 7.82. The molecular formula is C16H16FN5O3. The summed E-state index contributed by atoms with van der Waals surface area (Å²) in [5.74, 6) is -0.886. The second kappa shape index (κ2) is 6.80. The quantitative estimate of drug-likeness (QED) is 0.653. The fourth-order valence-corrected chi connectivity index (χ4v) is 2.52. The summed E-state index contributed by atoms with van der Waals surface area (Å²) < 4.78 is 20.6. The molecule has 0 unspecified atom stereocenters. The van der Waals surface area contributed by atoms with Crippen LogP contribution in [0.3, 0.4) is 0 Å². The summed E-state index contributed by atoms with van der Waals surface area (Å²) in [5, 5.41) is 7.79. The first-order chi connectivity index (χ1) is 12.1. The van der Waals surface area contributed by atoms with E-state index in [0.29, 0.717) is 12.1 Å². The van der Waals surface area contributed by atoms with Crippen LogP contribution in [0.25, 0.3) is 16.9 Å². The third-order valence-corrected chi connectivity index (χ3v) is 3.74. The molecule has 0 radical (unpaired) electrons. The molecule has 2 aromatic heterocycles. The van der Waals surface area contributed by atoms with Gasteiger partial charge in [-0.3, -0.25) is 9.36 Å². The van der Waals surface area contributed by atoms with Gasteiger partial charge in [-0.05, 0) is 37.6 Å². The summed E-state index contributed by atoms with van der Waals surface area (Å²) in [6, 6.07) is 4.78. The van der Waals surface area contributed by atoms with Crippen LogP contribution in [0.15, 0.2) is 35.4 Å². The maximum atomic E-state index is 13.1. The maximum Gasteiger partial charge on any atom is 0.329 e. The second-order valence-corrected chi connectivity index (χ2v) is 5.28. The highest BCUT2D eigenvalue weighted by Gasteiger charge is 2.23. The number of carbonyl (C=O) groups excluding carboxylic acids is 1. The molecule has 1 atom stereocenters. The van der Waals surface area contributed by atoms with E-state index in [1.165, 1.54) is 39.8 Å². The molecule has 25 heavy (non-hydrogen) atoms. The number of benzene rings is 1. The summed E-state index contributed by atoms with van der Waals surface area (Å²) >= 11 is 0. The van der Waals surface area contributed by atoms with Crippen LogP contribution in [0.1, 0.15) is 26.3 Å². The van der Waals surface area contributed by atoms with Gasteiger partial charge < -0.3 is 4.74 Å². The van der Waals surface area contributed by atoms with E-state index in [9.17, 15) is 14.0 Å². The van der Waals surface area contributed by atoms with Crippen LogP contribution in [0.5, 0.6) is 0 Å². The Balaban J connectivity index is 2.09. The van der Waals surface area contributed by atoms with Crippen LogP contribution in [0.4, 0.5) is 4.39 Å². The Bertz CT molecular complexity index is 964. The van der Waals surface area contributed by atoms with Gasteiger partial charge in [-0.1, -0.05) is 12.1 Å². The van der Waals surface area contributed by atoms with Crippen LogP contribution in [0.2, 0.25) is 0 Å². The predicted octanol–water partition coefficient (Wildman–Crippen LogP) is 1.63. The molecule has 0 saturated heterocycles. The fourth-order valence-electron chi connectivity index (χ4n) is 2.52. The molecule has 8 nitrogen and oxygen atoms in total. The highest BCUT2D eigenvalue weighted by Crippen LogP contribution is 2.15. The maximum absolute atomic E-state index is 13.1. The van der Waals surface area contributed by atoms with Crippen LogP contribution < -0.4 is 5.56 Å². The van der Waals surface area contributed by atoms with Crippen LogP contribution in [-0.4, -0.2) is 37.1 Å². The Morgan fingerprint density at radius 1 is 1.28 bits per heavy atom. The van der Waals surface area contributed by atoms with Gasteiger partial charge in [-0.15, -0.1) is 5.10 Å². The Hall–Kier alpha value is -3.10. The number of esters is 1. The molecule has 0 aliphatic rings. The standard InChI is InChI=1S/C16H16FN5O3/c1-3-12(16(24)25-4-2)21-9-18-14-13(15(21)23)19-20-22(14)11-7-5-10(17)6-8-11/h5-9,12H,3-4H2,1-2H3/t12-/m1/s1.